The first-order chi connectivity index (χ1) is 12.0. The molecule has 0 N–H and O–H groups in total. The molecule has 25 heavy (non-hydrogen) atoms. The van der Waals surface area contributed by atoms with E-state index in [4.69, 9.17) is 9.47 Å². The molecule has 7 nitrogen and oxygen atoms in total. The number of fused-ring (bicyclic) bond motifs is 1. The van der Waals surface area contributed by atoms with Crippen LogP contribution in [0, 0.1) is 5.41 Å². The zero-order valence-electron chi connectivity index (χ0n) is 15.6. The van der Waals surface area contributed by atoms with Gasteiger partial charge in [-0.25, -0.2) is 0 Å². The van der Waals surface area contributed by atoms with Crippen LogP contribution in [0.15, 0.2) is 12.4 Å². The number of hydrogen-bond donors (Lipinski definition) is 0. The maximum atomic E-state index is 11.8. The first-order valence-electron chi connectivity index (χ1n) is 9.08. The maximum absolute atomic E-state index is 11.8. The fraction of sp³-hybridized carbons (Fsp3) is 0.778. The van der Waals surface area contributed by atoms with Crippen LogP contribution < -0.4 is 0 Å². The highest BCUT2D eigenvalue weighted by atomic mass is 16.5. The van der Waals surface area contributed by atoms with Crippen LogP contribution in [-0.4, -0.2) is 78.6 Å². The standard InChI is InChI=1S/C18H30N4O3/c1-20(2)17(23)12-24-14-18-6-4-8-25-16(18)5-7-22(13-18)11-15-9-19-21(3)10-15/h9-10,16H,4-8,11-14H2,1-3H3/t16-,18+/m1/s1. The SMILES string of the molecule is CN(C)C(=O)COC[C@@]12CCCO[C@@H]1CCN(Cc1cnn(C)c1)C2. The van der Waals surface area contributed by atoms with Crippen molar-refractivity contribution < 1.29 is 14.3 Å². The maximum Gasteiger partial charge on any atom is 0.248 e. The van der Waals surface area contributed by atoms with Crippen molar-refractivity contribution in [2.24, 2.45) is 12.5 Å². The largest absolute Gasteiger partial charge is 0.377 e. The van der Waals surface area contributed by atoms with Crippen LogP contribution in [0.3, 0.4) is 0 Å². The van der Waals surface area contributed by atoms with Crippen LogP contribution in [0.5, 0.6) is 0 Å². The molecule has 0 aromatic carbocycles. The molecule has 1 aromatic heterocycles. The van der Waals surface area contributed by atoms with Crippen molar-refractivity contribution in [3.8, 4) is 0 Å². The lowest BCUT2D eigenvalue weighted by molar-refractivity contribution is -0.160. The number of likely N-dealkylation sites (N-methyl/N-ethyl adjacent to an activating group) is 1. The summed E-state index contributed by atoms with van der Waals surface area (Å²) in [4.78, 5) is 15.8. The minimum atomic E-state index is -0.00863. The van der Waals surface area contributed by atoms with Crippen molar-refractivity contribution in [3.63, 3.8) is 0 Å². The summed E-state index contributed by atoms with van der Waals surface area (Å²) < 4.78 is 13.8. The first kappa shape index (κ1) is 18.4. The van der Waals surface area contributed by atoms with E-state index in [1.165, 1.54) is 5.56 Å². The molecule has 0 spiro atoms. The van der Waals surface area contributed by atoms with Gasteiger partial charge in [0.05, 0.1) is 18.9 Å². The molecule has 2 saturated heterocycles. The number of aromatic nitrogens is 2. The Hall–Kier alpha value is -1.44. The van der Waals surface area contributed by atoms with Gasteiger partial charge in [-0.05, 0) is 19.3 Å². The van der Waals surface area contributed by atoms with Gasteiger partial charge in [0.15, 0.2) is 0 Å². The number of nitrogens with zero attached hydrogens (tertiary/aromatic N) is 4. The lowest BCUT2D eigenvalue weighted by atomic mass is 9.73. The molecule has 0 unspecified atom stereocenters. The van der Waals surface area contributed by atoms with Gasteiger partial charge in [-0.2, -0.15) is 5.10 Å². The minimum absolute atomic E-state index is 0.00713. The second kappa shape index (κ2) is 7.85. The number of hydrogen-bond acceptors (Lipinski definition) is 5. The van der Waals surface area contributed by atoms with E-state index in [1.807, 2.05) is 17.9 Å². The Kier molecular flexibility index (Phi) is 5.76. The van der Waals surface area contributed by atoms with E-state index in [0.29, 0.717) is 6.61 Å². The van der Waals surface area contributed by atoms with Crippen LogP contribution in [0.4, 0.5) is 0 Å². The zero-order valence-corrected chi connectivity index (χ0v) is 15.6. The molecule has 0 aliphatic carbocycles. The summed E-state index contributed by atoms with van der Waals surface area (Å²) in [5.41, 5.74) is 1.22. The summed E-state index contributed by atoms with van der Waals surface area (Å²) in [6, 6.07) is 0. The van der Waals surface area contributed by atoms with Crippen molar-refractivity contribution >= 4 is 5.91 Å². The highest BCUT2D eigenvalue weighted by Gasteiger charge is 2.46. The number of ether oxygens (including phenoxy) is 2. The van der Waals surface area contributed by atoms with Gasteiger partial charge in [0.2, 0.25) is 5.91 Å². The third kappa shape index (κ3) is 4.40. The second-order valence-corrected chi connectivity index (χ2v) is 7.63. The van der Waals surface area contributed by atoms with Gasteiger partial charge in [-0.3, -0.25) is 14.4 Å². The minimum Gasteiger partial charge on any atom is -0.377 e. The van der Waals surface area contributed by atoms with Crippen LogP contribution in [0.25, 0.3) is 0 Å². The van der Waals surface area contributed by atoms with Gasteiger partial charge >= 0.3 is 0 Å². The Labute approximate surface area is 149 Å². The van der Waals surface area contributed by atoms with Crippen LogP contribution in [-0.2, 0) is 27.9 Å². The molecule has 3 rings (SSSR count). The van der Waals surface area contributed by atoms with Crippen LogP contribution >= 0.6 is 0 Å². The molecule has 0 saturated carbocycles. The average Bonchev–Trinajstić information content (AvgIpc) is 2.99. The van der Waals surface area contributed by atoms with E-state index in [-0.39, 0.29) is 24.0 Å². The fourth-order valence-electron chi connectivity index (χ4n) is 4.01. The smallest absolute Gasteiger partial charge is 0.248 e. The first-order valence-corrected chi connectivity index (χ1v) is 9.08. The summed E-state index contributed by atoms with van der Waals surface area (Å²) in [6.45, 7) is 4.44. The lowest BCUT2D eigenvalue weighted by Gasteiger charge is -2.50. The number of amides is 1. The van der Waals surface area contributed by atoms with E-state index in [0.717, 1.165) is 45.5 Å². The topological polar surface area (TPSA) is 59.8 Å². The van der Waals surface area contributed by atoms with Gasteiger partial charge in [-0.15, -0.1) is 0 Å². The molecule has 2 aliphatic rings. The number of aryl methyl sites for hydroxylation is 1. The fourth-order valence-corrected chi connectivity index (χ4v) is 4.01. The molecule has 0 bridgehead atoms. The Morgan fingerprint density at radius 3 is 3.08 bits per heavy atom. The van der Waals surface area contributed by atoms with Crippen molar-refractivity contribution in [1.29, 1.82) is 0 Å². The number of rotatable bonds is 6. The van der Waals surface area contributed by atoms with Gasteiger partial charge in [0.25, 0.3) is 0 Å². The van der Waals surface area contributed by atoms with Crippen molar-refractivity contribution in [2.45, 2.75) is 31.9 Å². The Bertz CT molecular complexity index is 589. The molecule has 2 aliphatic heterocycles. The summed E-state index contributed by atoms with van der Waals surface area (Å²) in [7, 11) is 5.46. The number of carbonyl (C=O) groups is 1. The summed E-state index contributed by atoms with van der Waals surface area (Å²) >= 11 is 0. The third-order valence-corrected chi connectivity index (χ3v) is 5.35. The van der Waals surface area contributed by atoms with E-state index in [1.54, 1.807) is 19.0 Å². The van der Waals surface area contributed by atoms with Gasteiger partial charge in [0.1, 0.15) is 6.61 Å². The van der Waals surface area contributed by atoms with E-state index < -0.39 is 0 Å². The van der Waals surface area contributed by atoms with Gasteiger partial charge < -0.3 is 14.4 Å². The molecule has 0 radical (unpaired) electrons. The molecule has 140 valence electrons. The predicted molar refractivity (Wildman–Crippen MR) is 94.0 cm³/mol. The van der Waals surface area contributed by atoms with Crippen molar-refractivity contribution in [1.82, 2.24) is 19.6 Å². The molecular formula is C18H30N4O3. The zero-order chi connectivity index (χ0) is 17.9. The summed E-state index contributed by atoms with van der Waals surface area (Å²) in [6.07, 6.45) is 7.41. The Balaban J connectivity index is 1.62. The normalized spacial score (nSPS) is 27.1. The van der Waals surface area contributed by atoms with Gasteiger partial charge in [0, 0.05) is 64.6 Å². The monoisotopic (exact) mass is 350 g/mol. The third-order valence-electron chi connectivity index (χ3n) is 5.35. The highest BCUT2D eigenvalue weighted by Crippen LogP contribution is 2.40. The molecule has 1 amide bonds. The number of carbonyl (C=O) groups excluding carboxylic acids is 1. The molecule has 2 atom stereocenters. The highest BCUT2D eigenvalue weighted by molar-refractivity contribution is 5.76. The second-order valence-electron chi connectivity index (χ2n) is 7.63. The molecule has 2 fully saturated rings. The molecule has 3 heterocycles. The Morgan fingerprint density at radius 2 is 2.36 bits per heavy atom. The van der Waals surface area contributed by atoms with E-state index >= 15 is 0 Å². The van der Waals surface area contributed by atoms with Crippen LogP contribution in [0.1, 0.15) is 24.8 Å². The van der Waals surface area contributed by atoms with Gasteiger partial charge in [-0.1, -0.05) is 0 Å². The van der Waals surface area contributed by atoms with E-state index in [2.05, 4.69) is 16.2 Å². The lowest BCUT2D eigenvalue weighted by Crippen LogP contribution is -2.56. The summed E-state index contributed by atoms with van der Waals surface area (Å²) in [5.74, 6) is 0.00713. The van der Waals surface area contributed by atoms with Crippen molar-refractivity contribution in [3.05, 3.63) is 18.0 Å². The van der Waals surface area contributed by atoms with E-state index in [9.17, 15) is 4.79 Å². The average molecular weight is 350 g/mol. The molecule has 7 heteroatoms. The number of piperidine rings is 1. The molecule has 1 aromatic rings. The quantitative estimate of drug-likeness (QED) is 0.763. The Morgan fingerprint density at radius 1 is 1.52 bits per heavy atom. The number of likely N-dealkylation sites (tertiary alicyclic amines) is 1. The van der Waals surface area contributed by atoms with Crippen LogP contribution in [0.2, 0.25) is 0 Å². The molecular weight excluding hydrogens is 320 g/mol. The summed E-state index contributed by atoms with van der Waals surface area (Å²) in [5, 5.41) is 4.26. The van der Waals surface area contributed by atoms with Crippen molar-refractivity contribution in [2.75, 3.05) is 47.0 Å². The predicted octanol–water partition coefficient (Wildman–Crippen LogP) is 0.896.